The maximum absolute atomic E-state index is 12.2. The number of esters is 1. The number of Topliss-reactive ketones (excluding diaryl/α,β-unsaturated/α-hetero) is 1. The van der Waals surface area contributed by atoms with Gasteiger partial charge in [0.15, 0.2) is 5.78 Å². The van der Waals surface area contributed by atoms with E-state index in [9.17, 15) is 9.59 Å². The number of hydrogen-bond donors (Lipinski definition) is 0. The molecule has 22 heavy (non-hydrogen) atoms. The van der Waals surface area contributed by atoms with Crippen LogP contribution in [-0.2, 0) is 11.2 Å². The van der Waals surface area contributed by atoms with E-state index >= 15 is 0 Å². The molecule has 0 aliphatic carbocycles. The van der Waals surface area contributed by atoms with Crippen LogP contribution in [0.25, 0.3) is 0 Å². The van der Waals surface area contributed by atoms with Crippen LogP contribution in [0.1, 0.15) is 40.3 Å². The third-order valence-electron chi connectivity index (χ3n) is 3.04. The van der Waals surface area contributed by atoms with Crippen molar-refractivity contribution in [2.75, 3.05) is 6.61 Å². The summed E-state index contributed by atoms with van der Waals surface area (Å²) in [7, 11) is 0. The summed E-state index contributed by atoms with van der Waals surface area (Å²) in [6, 6.07) is 12.2. The van der Waals surface area contributed by atoms with Gasteiger partial charge in [-0.15, -0.1) is 0 Å². The quantitative estimate of drug-likeness (QED) is 0.606. The van der Waals surface area contributed by atoms with Crippen LogP contribution >= 0.6 is 0 Å². The number of nitrogens with zero attached hydrogens (tertiary/aromatic N) is 1. The summed E-state index contributed by atoms with van der Waals surface area (Å²) in [5.74, 6) is -0.129. The van der Waals surface area contributed by atoms with E-state index in [1.54, 1.807) is 24.3 Å². The van der Waals surface area contributed by atoms with Crippen molar-refractivity contribution in [3.8, 4) is 0 Å². The Labute approximate surface area is 130 Å². The lowest BCUT2D eigenvalue weighted by Gasteiger charge is -2.08. The molecule has 0 amide bonds. The monoisotopic (exact) mass is 297 g/mol. The molecular weight excluding hydrogens is 278 g/mol. The molecule has 4 nitrogen and oxygen atoms in total. The number of hydrogen-bond acceptors (Lipinski definition) is 4. The summed E-state index contributed by atoms with van der Waals surface area (Å²) in [5.41, 5.74) is 1.62. The molecule has 1 aromatic heterocycles. The number of benzene rings is 1. The van der Waals surface area contributed by atoms with Crippen LogP contribution in [0.15, 0.2) is 48.7 Å². The van der Waals surface area contributed by atoms with E-state index in [2.05, 4.69) is 4.98 Å². The minimum absolute atomic E-state index is 0.0270. The van der Waals surface area contributed by atoms with Gasteiger partial charge in [-0.25, -0.2) is 4.79 Å². The molecule has 0 spiro atoms. The van der Waals surface area contributed by atoms with Gasteiger partial charge in [-0.2, -0.15) is 0 Å². The highest BCUT2D eigenvalue weighted by molar-refractivity contribution is 5.97. The van der Waals surface area contributed by atoms with Crippen molar-refractivity contribution in [3.05, 3.63) is 65.5 Å². The van der Waals surface area contributed by atoms with E-state index in [0.29, 0.717) is 23.4 Å². The Morgan fingerprint density at radius 3 is 2.50 bits per heavy atom. The van der Waals surface area contributed by atoms with Crippen LogP contribution < -0.4 is 0 Å². The zero-order valence-electron chi connectivity index (χ0n) is 12.8. The van der Waals surface area contributed by atoms with E-state index in [1.165, 1.54) is 6.20 Å². The maximum Gasteiger partial charge on any atom is 0.338 e. The molecule has 0 saturated heterocycles. The molecule has 0 bridgehead atoms. The Morgan fingerprint density at radius 1 is 1.09 bits per heavy atom. The van der Waals surface area contributed by atoms with Gasteiger partial charge in [0.05, 0.1) is 18.6 Å². The van der Waals surface area contributed by atoms with E-state index in [1.807, 2.05) is 32.0 Å². The third-order valence-corrected chi connectivity index (χ3v) is 3.04. The van der Waals surface area contributed by atoms with Crippen molar-refractivity contribution in [1.82, 2.24) is 4.98 Å². The van der Waals surface area contributed by atoms with E-state index in [-0.39, 0.29) is 24.1 Å². The smallest absolute Gasteiger partial charge is 0.338 e. The second-order valence-electron chi connectivity index (χ2n) is 5.49. The van der Waals surface area contributed by atoms with Crippen LogP contribution in [0.5, 0.6) is 0 Å². The number of ether oxygens (including phenoxy) is 1. The summed E-state index contributed by atoms with van der Waals surface area (Å²) in [5, 5.41) is 0. The van der Waals surface area contributed by atoms with Gasteiger partial charge in [0.2, 0.25) is 0 Å². The molecule has 4 heteroatoms. The van der Waals surface area contributed by atoms with Crippen LogP contribution in [0.2, 0.25) is 0 Å². The predicted octanol–water partition coefficient (Wildman–Crippen LogP) is 3.32. The third kappa shape index (κ3) is 4.52. The number of carbonyl (C=O) groups excluding carboxylic acids is 2. The average molecular weight is 297 g/mol. The zero-order valence-corrected chi connectivity index (χ0v) is 12.8. The standard InChI is InChI=1S/C18H19NO3/c1-13(2)12-22-18(21)15-8-9-19-16(10-15)11-17(20)14-6-4-3-5-7-14/h3-10,13H,11-12H2,1-2H3. The minimum Gasteiger partial charge on any atom is -0.462 e. The molecule has 1 heterocycles. The number of rotatable bonds is 6. The first-order valence-corrected chi connectivity index (χ1v) is 7.26. The molecule has 2 rings (SSSR count). The Morgan fingerprint density at radius 2 is 1.82 bits per heavy atom. The minimum atomic E-state index is -0.385. The molecule has 0 radical (unpaired) electrons. The number of ketones is 1. The molecule has 0 aliphatic rings. The van der Waals surface area contributed by atoms with Gasteiger partial charge in [-0.05, 0) is 18.1 Å². The molecule has 2 aromatic rings. The normalized spacial score (nSPS) is 10.5. The second kappa shape index (κ2) is 7.50. The number of carbonyl (C=O) groups is 2. The zero-order chi connectivity index (χ0) is 15.9. The SMILES string of the molecule is CC(C)COC(=O)c1ccnc(CC(=O)c2ccccc2)c1. The molecule has 0 atom stereocenters. The molecule has 1 aromatic carbocycles. The first-order valence-electron chi connectivity index (χ1n) is 7.26. The van der Waals surface area contributed by atoms with Crippen LogP contribution in [0.4, 0.5) is 0 Å². The molecule has 114 valence electrons. The second-order valence-corrected chi connectivity index (χ2v) is 5.49. The van der Waals surface area contributed by atoms with Crippen LogP contribution in [0, 0.1) is 5.92 Å². The van der Waals surface area contributed by atoms with E-state index in [0.717, 1.165) is 0 Å². The Bertz CT molecular complexity index is 650. The fourth-order valence-electron chi connectivity index (χ4n) is 1.92. The predicted molar refractivity (Wildman–Crippen MR) is 83.8 cm³/mol. The summed E-state index contributed by atoms with van der Waals surface area (Å²) in [6.45, 7) is 4.33. The van der Waals surface area contributed by atoms with Crippen molar-refractivity contribution < 1.29 is 14.3 Å². The van der Waals surface area contributed by atoms with Gasteiger partial charge in [0.1, 0.15) is 0 Å². The first-order chi connectivity index (χ1) is 10.6. The van der Waals surface area contributed by atoms with Gasteiger partial charge in [0.25, 0.3) is 0 Å². The summed E-state index contributed by atoms with van der Waals surface area (Å²) >= 11 is 0. The van der Waals surface area contributed by atoms with Gasteiger partial charge in [-0.1, -0.05) is 44.2 Å². The lowest BCUT2D eigenvalue weighted by Crippen LogP contribution is -2.11. The Balaban J connectivity index is 2.05. The van der Waals surface area contributed by atoms with E-state index < -0.39 is 0 Å². The highest BCUT2D eigenvalue weighted by Gasteiger charge is 2.12. The number of aromatic nitrogens is 1. The van der Waals surface area contributed by atoms with Gasteiger partial charge in [-0.3, -0.25) is 9.78 Å². The molecule has 0 unspecified atom stereocenters. The van der Waals surface area contributed by atoms with Crippen LogP contribution in [0.3, 0.4) is 0 Å². The topological polar surface area (TPSA) is 56.3 Å². The lowest BCUT2D eigenvalue weighted by molar-refractivity contribution is 0.0458. The summed E-state index contributed by atoms with van der Waals surface area (Å²) in [4.78, 5) is 28.2. The van der Waals surface area contributed by atoms with E-state index in [4.69, 9.17) is 4.74 Å². The van der Waals surface area contributed by atoms with Gasteiger partial charge >= 0.3 is 5.97 Å². The molecule has 0 N–H and O–H groups in total. The summed E-state index contributed by atoms with van der Waals surface area (Å²) < 4.78 is 5.18. The highest BCUT2D eigenvalue weighted by Crippen LogP contribution is 2.09. The fraction of sp³-hybridized carbons (Fsp3) is 0.278. The van der Waals surface area contributed by atoms with Crippen molar-refractivity contribution in [3.63, 3.8) is 0 Å². The molecule has 0 aliphatic heterocycles. The summed E-state index contributed by atoms with van der Waals surface area (Å²) in [6.07, 6.45) is 1.69. The first kappa shape index (κ1) is 15.9. The Kier molecular flexibility index (Phi) is 5.42. The van der Waals surface area contributed by atoms with Crippen molar-refractivity contribution in [2.45, 2.75) is 20.3 Å². The largest absolute Gasteiger partial charge is 0.462 e. The van der Waals surface area contributed by atoms with Crippen LogP contribution in [-0.4, -0.2) is 23.3 Å². The van der Waals surface area contributed by atoms with Crippen molar-refractivity contribution >= 4 is 11.8 Å². The molecule has 0 saturated carbocycles. The lowest BCUT2D eigenvalue weighted by atomic mass is 10.1. The van der Waals surface area contributed by atoms with Crippen molar-refractivity contribution in [1.29, 1.82) is 0 Å². The highest BCUT2D eigenvalue weighted by atomic mass is 16.5. The molecule has 0 fully saturated rings. The Hall–Kier alpha value is -2.49. The fourth-order valence-corrected chi connectivity index (χ4v) is 1.92. The van der Waals surface area contributed by atoms with Crippen molar-refractivity contribution in [2.24, 2.45) is 5.92 Å². The average Bonchev–Trinajstić information content (AvgIpc) is 2.53. The maximum atomic E-state index is 12.2. The number of pyridine rings is 1. The van der Waals surface area contributed by atoms with Gasteiger partial charge in [0, 0.05) is 17.5 Å². The molecular formula is C18H19NO3. The van der Waals surface area contributed by atoms with Gasteiger partial charge < -0.3 is 4.74 Å².